The third-order valence-electron chi connectivity index (χ3n) is 3.91. The maximum atomic E-state index is 12.0. The van der Waals surface area contributed by atoms with E-state index in [1.54, 1.807) is 32.4 Å². The molecule has 0 bridgehead atoms. The van der Waals surface area contributed by atoms with Crippen LogP contribution in [0.3, 0.4) is 0 Å². The lowest BCUT2D eigenvalue weighted by molar-refractivity contribution is 0.252. The van der Waals surface area contributed by atoms with Gasteiger partial charge in [-0.25, -0.2) is 9.59 Å². The SMILES string of the molecule is COc1ccc(CCNC(=O)Nc2ccc3oc(=O)n(C)c3c2)cc1. The molecular weight excluding hydrogens is 322 g/mol. The van der Waals surface area contributed by atoms with Crippen LogP contribution in [0.5, 0.6) is 5.75 Å². The number of hydrogen-bond donors (Lipinski definition) is 2. The number of anilines is 1. The number of methoxy groups -OCH3 is 1. The molecule has 0 aliphatic carbocycles. The van der Waals surface area contributed by atoms with Crippen molar-refractivity contribution in [3.63, 3.8) is 0 Å². The molecule has 25 heavy (non-hydrogen) atoms. The Morgan fingerprint density at radius 3 is 2.68 bits per heavy atom. The topological polar surface area (TPSA) is 85.5 Å². The van der Waals surface area contributed by atoms with Gasteiger partial charge in [-0.1, -0.05) is 12.1 Å². The highest BCUT2D eigenvalue weighted by Crippen LogP contribution is 2.17. The highest BCUT2D eigenvalue weighted by atomic mass is 16.5. The van der Waals surface area contributed by atoms with Crippen LogP contribution in [0.2, 0.25) is 0 Å². The second-order valence-electron chi connectivity index (χ2n) is 5.59. The lowest BCUT2D eigenvalue weighted by Crippen LogP contribution is -2.30. The van der Waals surface area contributed by atoms with E-state index in [0.717, 1.165) is 11.3 Å². The average molecular weight is 341 g/mol. The molecule has 0 aliphatic rings. The van der Waals surface area contributed by atoms with E-state index in [1.807, 2.05) is 24.3 Å². The van der Waals surface area contributed by atoms with E-state index in [2.05, 4.69) is 10.6 Å². The van der Waals surface area contributed by atoms with Crippen molar-refractivity contribution in [2.75, 3.05) is 19.0 Å². The number of aromatic nitrogens is 1. The minimum atomic E-state index is -0.434. The fourth-order valence-corrected chi connectivity index (χ4v) is 2.49. The van der Waals surface area contributed by atoms with Gasteiger partial charge in [0.2, 0.25) is 0 Å². The molecule has 2 amide bonds. The van der Waals surface area contributed by atoms with E-state index in [0.29, 0.717) is 29.8 Å². The van der Waals surface area contributed by atoms with Gasteiger partial charge in [0.15, 0.2) is 5.58 Å². The molecule has 0 aliphatic heterocycles. The average Bonchev–Trinajstić information content (AvgIpc) is 2.90. The van der Waals surface area contributed by atoms with Crippen LogP contribution in [-0.2, 0) is 13.5 Å². The summed E-state index contributed by atoms with van der Waals surface area (Å²) in [6.07, 6.45) is 0.715. The molecule has 0 saturated heterocycles. The first-order chi connectivity index (χ1) is 12.1. The lowest BCUT2D eigenvalue weighted by atomic mass is 10.1. The van der Waals surface area contributed by atoms with E-state index in [4.69, 9.17) is 9.15 Å². The van der Waals surface area contributed by atoms with E-state index in [9.17, 15) is 9.59 Å². The van der Waals surface area contributed by atoms with Crippen molar-refractivity contribution < 1.29 is 13.9 Å². The van der Waals surface area contributed by atoms with Crippen LogP contribution in [-0.4, -0.2) is 24.3 Å². The number of ether oxygens (including phenoxy) is 1. The number of nitrogens with one attached hydrogen (secondary N) is 2. The molecule has 1 aromatic heterocycles. The van der Waals surface area contributed by atoms with Gasteiger partial charge in [-0.2, -0.15) is 0 Å². The Kier molecular flexibility index (Phi) is 4.74. The molecule has 2 aromatic carbocycles. The number of aryl methyl sites for hydroxylation is 1. The molecule has 0 fully saturated rings. The van der Waals surface area contributed by atoms with Gasteiger partial charge >= 0.3 is 11.8 Å². The summed E-state index contributed by atoms with van der Waals surface area (Å²) in [5.41, 5.74) is 2.81. The number of urea groups is 1. The zero-order chi connectivity index (χ0) is 17.8. The summed E-state index contributed by atoms with van der Waals surface area (Å²) in [5, 5.41) is 5.55. The molecule has 3 rings (SSSR count). The Hall–Kier alpha value is -3.22. The smallest absolute Gasteiger partial charge is 0.419 e. The Bertz CT molecular complexity index is 941. The predicted octanol–water partition coefficient (Wildman–Crippen LogP) is 2.50. The Morgan fingerprint density at radius 1 is 1.20 bits per heavy atom. The zero-order valence-electron chi connectivity index (χ0n) is 14.0. The van der Waals surface area contributed by atoms with Gasteiger partial charge in [0.25, 0.3) is 0 Å². The number of carbonyl (C=O) groups is 1. The first-order valence-electron chi connectivity index (χ1n) is 7.84. The van der Waals surface area contributed by atoms with Crippen LogP contribution >= 0.6 is 0 Å². The largest absolute Gasteiger partial charge is 0.497 e. The molecule has 0 radical (unpaired) electrons. The molecule has 0 spiro atoms. The van der Waals surface area contributed by atoms with Crippen LogP contribution in [0, 0.1) is 0 Å². The van der Waals surface area contributed by atoms with Crippen molar-refractivity contribution in [2.45, 2.75) is 6.42 Å². The van der Waals surface area contributed by atoms with Gasteiger partial charge in [0.1, 0.15) is 5.75 Å². The van der Waals surface area contributed by atoms with Gasteiger partial charge in [-0.05, 0) is 42.3 Å². The van der Waals surface area contributed by atoms with E-state index >= 15 is 0 Å². The molecule has 2 N–H and O–H groups in total. The molecule has 0 unspecified atom stereocenters. The number of oxazole rings is 1. The number of benzene rings is 2. The monoisotopic (exact) mass is 341 g/mol. The third-order valence-corrected chi connectivity index (χ3v) is 3.91. The van der Waals surface area contributed by atoms with Crippen molar-refractivity contribution >= 4 is 22.8 Å². The van der Waals surface area contributed by atoms with Gasteiger partial charge in [-0.15, -0.1) is 0 Å². The molecule has 7 nitrogen and oxygen atoms in total. The summed E-state index contributed by atoms with van der Waals surface area (Å²) >= 11 is 0. The van der Waals surface area contributed by atoms with Crippen molar-refractivity contribution in [1.29, 1.82) is 0 Å². The van der Waals surface area contributed by atoms with Crippen LogP contribution in [0.4, 0.5) is 10.5 Å². The standard InChI is InChI=1S/C18H19N3O4/c1-21-15-11-13(5-8-16(15)25-18(21)23)20-17(22)19-10-9-12-3-6-14(24-2)7-4-12/h3-8,11H,9-10H2,1-2H3,(H2,19,20,22). The molecule has 7 heteroatoms. The van der Waals surface area contributed by atoms with E-state index in [-0.39, 0.29) is 6.03 Å². The summed E-state index contributed by atoms with van der Waals surface area (Å²) < 4.78 is 11.6. The number of carbonyl (C=O) groups excluding carboxylic acids is 1. The second-order valence-corrected chi connectivity index (χ2v) is 5.59. The Morgan fingerprint density at radius 2 is 1.96 bits per heavy atom. The molecule has 0 saturated carbocycles. The Labute approximate surface area is 144 Å². The second kappa shape index (κ2) is 7.12. The summed E-state index contributed by atoms with van der Waals surface area (Å²) in [7, 11) is 3.24. The highest BCUT2D eigenvalue weighted by Gasteiger charge is 2.08. The number of nitrogens with zero attached hydrogens (tertiary/aromatic N) is 1. The number of amides is 2. The predicted molar refractivity (Wildman–Crippen MR) is 95.2 cm³/mol. The van der Waals surface area contributed by atoms with Crippen molar-refractivity contribution in [1.82, 2.24) is 9.88 Å². The fourth-order valence-electron chi connectivity index (χ4n) is 2.49. The minimum Gasteiger partial charge on any atom is -0.497 e. The van der Waals surface area contributed by atoms with Crippen molar-refractivity contribution in [2.24, 2.45) is 7.05 Å². The van der Waals surface area contributed by atoms with Gasteiger partial charge in [0.05, 0.1) is 12.6 Å². The summed E-state index contributed by atoms with van der Waals surface area (Å²) in [6.45, 7) is 0.505. The number of fused-ring (bicyclic) bond motifs is 1. The molecule has 0 atom stereocenters. The van der Waals surface area contributed by atoms with Crippen LogP contribution < -0.4 is 21.1 Å². The third kappa shape index (κ3) is 3.82. The lowest BCUT2D eigenvalue weighted by Gasteiger charge is -2.08. The van der Waals surface area contributed by atoms with Gasteiger partial charge in [0, 0.05) is 19.3 Å². The molecule has 1 heterocycles. The van der Waals surface area contributed by atoms with E-state index in [1.165, 1.54) is 4.57 Å². The maximum Gasteiger partial charge on any atom is 0.419 e. The quantitative estimate of drug-likeness (QED) is 0.747. The summed E-state index contributed by atoms with van der Waals surface area (Å²) in [6, 6.07) is 12.4. The van der Waals surface area contributed by atoms with Crippen LogP contribution in [0.15, 0.2) is 51.7 Å². The van der Waals surface area contributed by atoms with Crippen LogP contribution in [0.25, 0.3) is 11.1 Å². The van der Waals surface area contributed by atoms with Crippen LogP contribution in [0.1, 0.15) is 5.56 Å². The summed E-state index contributed by atoms with van der Waals surface area (Å²) in [5.74, 6) is 0.370. The molecular formula is C18H19N3O4. The number of hydrogen-bond acceptors (Lipinski definition) is 4. The normalized spacial score (nSPS) is 10.6. The van der Waals surface area contributed by atoms with Crippen molar-refractivity contribution in [3.8, 4) is 5.75 Å². The van der Waals surface area contributed by atoms with Gasteiger partial charge < -0.3 is 19.8 Å². The Balaban J connectivity index is 1.55. The molecule has 130 valence electrons. The number of rotatable bonds is 5. The van der Waals surface area contributed by atoms with Crippen molar-refractivity contribution in [3.05, 3.63) is 58.6 Å². The summed E-state index contributed by atoms with van der Waals surface area (Å²) in [4.78, 5) is 23.5. The first kappa shape index (κ1) is 16.6. The molecule has 3 aromatic rings. The highest BCUT2D eigenvalue weighted by molar-refractivity contribution is 5.91. The maximum absolute atomic E-state index is 12.0. The minimum absolute atomic E-state index is 0.304. The first-order valence-corrected chi connectivity index (χ1v) is 7.84. The fraction of sp³-hybridized carbons (Fsp3) is 0.222. The van der Waals surface area contributed by atoms with E-state index < -0.39 is 5.76 Å². The van der Waals surface area contributed by atoms with Gasteiger partial charge in [-0.3, -0.25) is 4.57 Å². The zero-order valence-corrected chi connectivity index (χ0v) is 14.0.